The van der Waals surface area contributed by atoms with Crippen LogP contribution in [0.3, 0.4) is 0 Å². The van der Waals surface area contributed by atoms with Crippen LogP contribution >= 0.6 is 0 Å². The Morgan fingerprint density at radius 2 is 2.00 bits per heavy atom. The minimum atomic E-state index is -0.497. The number of methoxy groups -OCH3 is 1. The lowest BCUT2D eigenvalue weighted by molar-refractivity contribution is 0.192. The first-order valence-corrected chi connectivity index (χ1v) is 6.45. The van der Waals surface area contributed by atoms with Gasteiger partial charge in [-0.25, -0.2) is 4.79 Å². The second-order valence-corrected chi connectivity index (χ2v) is 4.38. The molecule has 0 saturated carbocycles. The largest absolute Gasteiger partial charge is 0.389 e. The number of anilines is 1. The average molecular weight is 266 g/mol. The second kappa shape index (κ2) is 8.50. The number of unbranched alkanes of at least 4 members (excludes halogenated alkanes) is 1. The zero-order chi connectivity index (χ0) is 14.1. The first-order chi connectivity index (χ1) is 9.13. The zero-order valence-electron chi connectivity index (χ0n) is 11.5. The molecule has 0 radical (unpaired) electrons. The molecule has 1 atom stereocenters. The third-order valence-corrected chi connectivity index (χ3v) is 2.71. The summed E-state index contributed by atoms with van der Waals surface area (Å²) >= 11 is 0. The monoisotopic (exact) mass is 266 g/mol. The number of rotatable bonds is 7. The topological polar surface area (TPSA) is 70.6 Å². The third-order valence-electron chi connectivity index (χ3n) is 2.71. The van der Waals surface area contributed by atoms with Crippen LogP contribution in [0.15, 0.2) is 24.3 Å². The van der Waals surface area contributed by atoms with Crippen molar-refractivity contribution < 1.29 is 14.6 Å². The third kappa shape index (κ3) is 6.22. The van der Waals surface area contributed by atoms with Crippen LogP contribution in [0.5, 0.6) is 0 Å². The van der Waals surface area contributed by atoms with Gasteiger partial charge in [0.15, 0.2) is 0 Å². The zero-order valence-corrected chi connectivity index (χ0v) is 11.5. The minimum Gasteiger partial charge on any atom is -0.389 e. The number of urea groups is 1. The average Bonchev–Trinajstić information content (AvgIpc) is 2.39. The summed E-state index contributed by atoms with van der Waals surface area (Å²) in [4.78, 5) is 11.6. The molecular formula is C14H22N2O3. The van der Waals surface area contributed by atoms with Gasteiger partial charge in [-0.2, -0.15) is 0 Å². The van der Waals surface area contributed by atoms with Gasteiger partial charge in [0.25, 0.3) is 0 Å². The van der Waals surface area contributed by atoms with Crippen molar-refractivity contribution in [3.63, 3.8) is 0 Å². The Kier molecular flexibility index (Phi) is 6.92. The Labute approximate surface area is 114 Å². The lowest BCUT2D eigenvalue weighted by Crippen LogP contribution is -2.29. The van der Waals surface area contributed by atoms with Crippen molar-refractivity contribution in [2.45, 2.75) is 25.9 Å². The van der Waals surface area contributed by atoms with Gasteiger partial charge in [0.05, 0.1) is 6.10 Å². The molecule has 0 fully saturated rings. The molecule has 2 amide bonds. The van der Waals surface area contributed by atoms with Gasteiger partial charge in [-0.15, -0.1) is 0 Å². The van der Waals surface area contributed by atoms with Crippen LogP contribution < -0.4 is 10.6 Å². The molecule has 0 aliphatic rings. The van der Waals surface area contributed by atoms with E-state index in [-0.39, 0.29) is 6.03 Å². The fourth-order valence-electron chi connectivity index (χ4n) is 1.59. The van der Waals surface area contributed by atoms with Crippen LogP contribution in [0, 0.1) is 0 Å². The summed E-state index contributed by atoms with van der Waals surface area (Å²) in [6.45, 7) is 3.04. The van der Waals surface area contributed by atoms with Crippen molar-refractivity contribution in [2.24, 2.45) is 0 Å². The molecule has 5 heteroatoms. The van der Waals surface area contributed by atoms with E-state index in [2.05, 4.69) is 10.6 Å². The molecule has 19 heavy (non-hydrogen) atoms. The summed E-state index contributed by atoms with van der Waals surface area (Å²) < 4.78 is 4.93. The number of nitrogens with one attached hydrogen (secondary N) is 2. The highest BCUT2D eigenvalue weighted by Crippen LogP contribution is 2.15. The number of carbonyl (C=O) groups excluding carboxylic acids is 1. The Morgan fingerprint density at radius 3 is 2.58 bits per heavy atom. The lowest BCUT2D eigenvalue weighted by Gasteiger charge is -2.09. The van der Waals surface area contributed by atoms with Crippen LogP contribution in [0.4, 0.5) is 10.5 Å². The maximum Gasteiger partial charge on any atom is 0.319 e. The number of hydrogen-bond acceptors (Lipinski definition) is 3. The summed E-state index contributed by atoms with van der Waals surface area (Å²) in [5, 5.41) is 14.9. The molecule has 1 unspecified atom stereocenters. The molecular weight excluding hydrogens is 244 g/mol. The quantitative estimate of drug-likeness (QED) is 0.663. The second-order valence-electron chi connectivity index (χ2n) is 4.38. The molecule has 0 aliphatic heterocycles. The number of carbonyl (C=O) groups is 1. The fraction of sp³-hybridized carbons (Fsp3) is 0.500. The van der Waals surface area contributed by atoms with Crippen molar-refractivity contribution in [3.8, 4) is 0 Å². The summed E-state index contributed by atoms with van der Waals surface area (Å²) in [6, 6.07) is 6.90. The number of aliphatic hydroxyl groups is 1. The molecule has 1 aromatic rings. The predicted molar refractivity (Wildman–Crippen MR) is 75.2 cm³/mol. The highest BCUT2D eigenvalue weighted by Gasteiger charge is 2.03. The van der Waals surface area contributed by atoms with Crippen LogP contribution in [0.2, 0.25) is 0 Å². The first kappa shape index (κ1) is 15.5. The maximum atomic E-state index is 11.6. The summed E-state index contributed by atoms with van der Waals surface area (Å²) in [7, 11) is 1.66. The summed E-state index contributed by atoms with van der Waals surface area (Å²) in [5.74, 6) is 0. The lowest BCUT2D eigenvalue weighted by atomic mass is 10.1. The minimum absolute atomic E-state index is 0.220. The van der Waals surface area contributed by atoms with Crippen molar-refractivity contribution >= 4 is 11.7 Å². The van der Waals surface area contributed by atoms with E-state index in [0.29, 0.717) is 18.8 Å². The first-order valence-electron chi connectivity index (χ1n) is 6.45. The van der Waals surface area contributed by atoms with E-state index in [1.165, 1.54) is 0 Å². The van der Waals surface area contributed by atoms with E-state index in [9.17, 15) is 9.90 Å². The van der Waals surface area contributed by atoms with E-state index in [1.807, 2.05) is 0 Å². The molecule has 1 rings (SSSR count). The van der Waals surface area contributed by atoms with Gasteiger partial charge in [0, 0.05) is 25.9 Å². The van der Waals surface area contributed by atoms with Crippen molar-refractivity contribution in [3.05, 3.63) is 29.8 Å². The van der Waals surface area contributed by atoms with Crippen molar-refractivity contribution in [1.29, 1.82) is 0 Å². The van der Waals surface area contributed by atoms with E-state index >= 15 is 0 Å². The molecule has 1 aromatic carbocycles. The van der Waals surface area contributed by atoms with Gasteiger partial charge in [-0.3, -0.25) is 0 Å². The SMILES string of the molecule is COCCCCNC(=O)Nc1ccc(C(C)O)cc1. The number of aliphatic hydroxyl groups excluding tert-OH is 1. The maximum absolute atomic E-state index is 11.6. The Balaban J connectivity index is 2.28. The standard InChI is InChI=1S/C14H22N2O3/c1-11(17)12-5-7-13(8-6-12)16-14(18)15-9-3-4-10-19-2/h5-8,11,17H,3-4,9-10H2,1-2H3,(H2,15,16,18). The fourth-order valence-corrected chi connectivity index (χ4v) is 1.59. The van der Waals surface area contributed by atoms with E-state index in [1.54, 1.807) is 38.3 Å². The van der Waals surface area contributed by atoms with Gasteiger partial charge >= 0.3 is 6.03 Å². The highest BCUT2D eigenvalue weighted by molar-refractivity contribution is 5.89. The molecule has 0 aliphatic carbocycles. The van der Waals surface area contributed by atoms with Gasteiger partial charge in [-0.05, 0) is 37.5 Å². The summed E-state index contributed by atoms with van der Waals surface area (Å²) in [5.41, 5.74) is 1.53. The number of hydrogen-bond donors (Lipinski definition) is 3. The number of amides is 2. The molecule has 0 saturated heterocycles. The summed E-state index contributed by atoms with van der Waals surface area (Å²) in [6.07, 6.45) is 1.32. The molecule has 0 heterocycles. The molecule has 106 valence electrons. The van der Waals surface area contributed by atoms with Crippen LogP contribution in [-0.4, -0.2) is 31.4 Å². The Hall–Kier alpha value is -1.59. The highest BCUT2D eigenvalue weighted by atomic mass is 16.5. The van der Waals surface area contributed by atoms with E-state index in [0.717, 1.165) is 18.4 Å². The van der Waals surface area contributed by atoms with Gasteiger partial charge in [-0.1, -0.05) is 12.1 Å². The van der Waals surface area contributed by atoms with Crippen LogP contribution in [-0.2, 0) is 4.74 Å². The molecule has 0 spiro atoms. The number of ether oxygens (including phenoxy) is 1. The van der Waals surface area contributed by atoms with Gasteiger partial charge < -0.3 is 20.5 Å². The van der Waals surface area contributed by atoms with Crippen molar-refractivity contribution in [2.75, 3.05) is 25.6 Å². The van der Waals surface area contributed by atoms with Crippen LogP contribution in [0.25, 0.3) is 0 Å². The van der Waals surface area contributed by atoms with Gasteiger partial charge in [0.2, 0.25) is 0 Å². The molecule has 0 bridgehead atoms. The molecule has 0 aromatic heterocycles. The normalized spacial score (nSPS) is 11.9. The van der Waals surface area contributed by atoms with E-state index < -0.39 is 6.10 Å². The Bertz CT molecular complexity index is 377. The number of benzene rings is 1. The molecule has 3 N–H and O–H groups in total. The van der Waals surface area contributed by atoms with E-state index in [4.69, 9.17) is 4.74 Å². The van der Waals surface area contributed by atoms with Gasteiger partial charge in [0.1, 0.15) is 0 Å². The smallest absolute Gasteiger partial charge is 0.319 e. The Morgan fingerprint density at radius 1 is 1.32 bits per heavy atom. The molecule has 5 nitrogen and oxygen atoms in total. The van der Waals surface area contributed by atoms with Crippen LogP contribution in [0.1, 0.15) is 31.4 Å². The van der Waals surface area contributed by atoms with Crippen molar-refractivity contribution in [1.82, 2.24) is 5.32 Å². The predicted octanol–water partition coefficient (Wildman–Crippen LogP) is 2.29.